The molecular weight excluding hydrogens is 196 g/mol. The molecule has 0 radical (unpaired) electrons. The highest BCUT2D eigenvalue weighted by Crippen LogP contribution is 2.30. The maximum absolute atomic E-state index is 5.81. The van der Waals surface area contributed by atoms with Gasteiger partial charge < -0.3 is 4.74 Å². The second-order valence-electron chi connectivity index (χ2n) is 4.84. The number of benzene rings is 1. The Balaban J connectivity index is 1.99. The van der Waals surface area contributed by atoms with Crippen LogP contribution in [0.25, 0.3) is 0 Å². The zero-order chi connectivity index (χ0) is 11.4. The number of hydrogen-bond acceptors (Lipinski definition) is 1. The number of rotatable bonds is 6. The molecule has 0 aromatic heterocycles. The summed E-state index contributed by atoms with van der Waals surface area (Å²) in [6.07, 6.45) is 5.13. The maximum atomic E-state index is 5.81. The lowest BCUT2D eigenvalue weighted by atomic mass is 9.94. The molecule has 1 heteroatoms. The van der Waals surface area contributed by atoms with E-state index >= 15 is 0 Å². The van der Waals surface area contributed by atoms with Gasteiger partial charge in [0.1, 0.15) is 5.75 Å². The van der Waals surface area contributed by atoms with Gasteiger partial charge in [-0.25, -0.2) is 0 Å². The predicted molar refractivity (Wildman–Crippen MR) is 68.0 cm³/mol. The van der Waals surface area contributed by atoms with Gasteiger partial charge in [-0.2, -0.15) is 0 Å². The van der Waals surface area contributed by atoms with E-state index in [1.54, 1.807) is 0 Å². The van der Waals surface area contributed by atoms with Crippen LogP contribution in [0.3, 0.4) is 0 Å². The zero-order valence-corrected chi connectivity index (χ0v) is 10.4. The fraction of sp³-hybridized carbons (Fsp3) is 0.600. The van der Waals surface area contributed by atoms with Gasteiger partial charge in [0.2, 0.25) is 0 Å². The van der Waals surface area contributed by atoms with E-state index in [1.807, 2.05) is 0 Å². The Morgan fingerprint density at radius 3 is 2.62 bits per heavy atom. The van der Waals surface area contributed by atoms with Crippen LogP contribution in [0.2, 0.25) is 0 Å². The monoisotopic (exact) mass is 218 g/mol. The quantitative estimate of drug-likeness (QED) is 0.688. The van der Waals surface area contributed by atoms with Crippen LogP contribution >= 0.6 is 0 Å². The van der Waals surface area contributed by atoms with E-state index in [-0.39, 0.29) is 0 Å². The lowest BCUT2D eigenvalue weighted by Crippen LogP contribution is -2.00. The van der Waals surface area contributed by atoms with Crippen LogP contribution in [-0.4, -0.2) is 6.61 Å². The molecule has 1 aliphatic rings. The lowest BCUT2D eigenvalue weighted by Gasteiger charge is -2.14. The highest BCUT2D eigenvalue weighted by Gasteiger charge is 2.21. The van der Waals surface area contributed by atoms with Crippen LogP contribution in [0.4, 0.5) is 0 Å². The zero-order valence-electron chi connectivity index (χ0n) is 10.4. The van der Waals surface area contributed by atoms with Crippen molar-refractivity contribution in [2.75, 3.05) is 6.61 Å². The molecule has 16 heavy (non-hydrogen) atoms. The van der Waals surface area contributed by atoms with Crippen LogP contribution < -0.4 is 4.74 Å². The Bertz CT molecular complexity index is 324. The third-order valence-electron chi connectivity index (χ3n) is 3.50. The Morgan fingerprint density at radius 2 is 2.00 bits per heavy atom. The molecule has 1 fully saturated rings. The molecule has 1 aromatic carbocycles. The normalized spacial score (nSPS) is 15.4. The molecule has 88 valence electrons. The van der Waals surface area contributed by atoms with E-state index in [0.717, 1.165) is 18.3 Å². The maximum Gasteiger partial charge on any atom is 0.119 e. The summed E-state index contributed by atoms with van der Waals surface area (Å²) >= 11 is 0. The van der Waals surface area contributed by atoms with E-state index in [0.29, 0.717) is 5.92 Å². The van der Waals surface area contributed by atoms with Crippen molar-refractivity contribution in [2.45, 2.75) is 45.4 Å². The molecule has 0 heterocycles. The van der Waals surface area contributed by atoms with Crippen LogP contribution in [0.15, 0.2) is 24.3 Å². The summed E-state index contributed by atoms with van der Waals surface area (Å²) in [5.74, 6) is 2.57. The van der Waals surface area contributed by atoms with Gasteiger partial charge in [-0.05, 0) is 55.2 Å². The van der Waals surface area contributed by atoms with Crippen molar-refractivity contribution >= 4 is 0 Å². The molecule has 0 spiro atoms. The molecule has 0 bridgehead atoms. The standard InChI is InChI=1S/C15H22O/c1-3-13(4-2)14-6-5-7-15(10-14)16-11-12-8-9-12/h5-7,10,12-13H,3-4,8-9,11H2,1-2H3. The van der Waals surface area contributed by atoms with Gasteiger partial charge in [0, 0.05) is 0 Å². The fourth-order valence-corrected chi connectivity index (χ4v) is 2.12. The highest BCUT2D eigenvalue weighted by molar-refractivity contribution is 5.30. The minimum Gasteiger partial charge on any atom is -0.493 e. The first-order valence-corrected chi connectivity index (χ1v) is 6.56. The van der Waals surface area contributed by atoms with Crippen LogP contribution in [-0.2, 0) is 0 Å². The van der Waals surface area contributed by atoms with Crippen molar-refractivity contribution in [3.8, 4) is 5.75 Å². The topological polar surface area (TPSA) is 9.23 Å². The van der Waals surface area contributed by atoms with Crippen LogP contribution in [0, 0.1) is 5.92 Å². The van der Waals surface area contributed by atoms with E-state index in [1.165, 1.54) is 31.2 Å². The van der Waals surface area contributed by atoms with Gasteiger partial charge in [0.05, 0.1) is 6.61 Å². The second kappa shape index (κ2) is 5.38. The Hall–Kier alpha value is -0.980. The Kier molecular flexibility index (Phi) is 3.87. The molecule has 1 saturated carbocycles. The van der Waals surface area contributed by atoms with E-state index < -0.39 is 0 Å². The molecule has 1 aromatic rings. The van der Waals surface area contributed by atoms with Gasteiger partial charge in [-0.1, -0.05) is 26.0 Å². The molecule has 0 aliphatic heterocycles. The lowest BCUT2D eigenvalue weighted by molar-refractivity contribution is 0.299. The van der Waals surface area contributed by atoms with Crippen molar-refractivity contribution in [3.05, 3.63) is 29.8 Å². The first-order chi connectivity index (χ1) is 7.83. The molecule has 0 amide bonds. The van der Waals surface area contributed by atoms with Crippen LogP contribution in [0.5, 0.6) is 5.75 Å². The SMILES string of the molecule is CCC(CC)c1cccc(OCC2CC2)c1. The van der Waals surface area contributed by atoms with E-state index in [4.69, 9.17) is 4.74 Å². The Labute approximate surface area is 98.8 Å². The molecular formula is C15H22O. The Morgan fingerprint density at radius 1 is 1.25 bits per heavy atom. The minimum atomic E-state index is 0.685. The first kappa shape index (κ1) is 11.5. The van der Waals surface area contributed by atoms with Crippen molar-refractivity contribution in [3.63, 3.8) is 0 Å². The molecule has 0 atom stereocenters. The van der Waals surface area contributed by atoms with Crippen molar-refractivity contribution in [2.24, 2.45) is 5.92 Å². The largest absolute Gasteiger partial charge is 0.493 e. The molecule has 1 aliphatic carbocycles. The van der Waals surface area contributed by atoms with Gasteiger partial charge in [-0.3, -0.25) is 0 Å². The summed E-state index contributed by atoms with van der Waals surface area (Å²) in [7, 11) is 0. The van der Waals surface area contributed by atoms with Gasteiger partial charge in [0.15, 0.2) is 0 Å². The average molecular weight is 218 g/mol. The third kappa shape index (κ3) is 3.01. The smallest absolute Gasteiger partial charge is 0.119 e. The van der Waals surface area contributed by atoms with E-state index in [9.17, 15) is 0 Å². The molecule has 0 N–H and O–H groups in total. The van der Waals surface area contributed by atoms with E-state index in [2.05, 4.69) is 38.1 Å². The summed E-state index contributed by atoms with van der Waals surface area (Å²) in [5.41, 5.74) is 1.43. The van der Waals surface area contributed by atoms with Gasteiger partial charge in [0.25, 0.3) is 0 Å². The molecule has 1 nitrogen and oxygen atoms in total. The molecule has 0 unspecified atom stereocenters. The van der Waals surface area contributed by atoms with Crippen molar-refractivity contribution in [1.82, 2.24) is 0 Å². The molecule has 0 saturated heterocycles. The fourth-order valence-electron chi connectivity index (χ4n) is 2.12. The first-order valence-electron chi connectivity index (χ1n) is 6.56. The second-order valence-corrected chi connectivity index (χ2v) is 4.84. The minimum absolute atomic E-state index is 0.685. The third-order valence-corrected chi connectivity index (χ3v) is 3.50. The number of hydrogen-bond donors (Lipinski definition) is 0. The number of ether oxygens (including phenoxy) is 1. The summed E-state index contributed by atoms with van der Waals surface area (Å²) < 4.78 is 5.81. The predicted octanol–water partition coefficient (Wildman–Crippen LogP) is 4.38. The van der Waals surface area contributed by atoms with Crippen LogP contribution in [0.1, 0.15) is 51.0 Å². The summed E-state index contributed by atoms with van der Waals surface area (Å²) in [6.45, 7) is 5.42. The van der Waals surface area contributed by atoms with Gasteiger partial charge >= 0.3 is 0 Å². The molecule has 2 rings (SSSR count). The summed E-state index contributed by atoms with van der Waals surface area (Å²) in [4.78, 5) is 0. The summed E-state index contributed by atoms with van der Waals surface area (Å²) in [5, 5.41) is 0. The van der Waals surface area contributed by atoms with Crippen molar-refractivity contribution in [1.29, 1.82) is 0 Å². The summed E-state index contributed by atoms with van der Waals surface area (Å²) in [6, 6.07) is 8.64. The van der Waals surface area contributed by atoms with Crippen molar-refractivity contribution < 1.29 is 4.74 Å². The average Bonchev–Trinajstić information content (AvgIpc) is 3.13. The highest BCUT2D eigenvalue weighted by atomic mass is 16.5. The van der Waals surface area contributed by atoms with Gasteiger partial charge in [-0.15, -0.1) is 0 Å².